The quantitative estimate of drug-likeness (QED) is 0.605. The fourth-order valence-electron chi connectivity index (χ4n) is 1.78. The zero-order chi connectivity index (χ0) is 12.1. The molecule has 0 amide bonds. The predicted molar refractivity (Wildman–Crippen MR) is 78.7 cm³/mol. The molecule has 2 rings (SSSR count). The van der Waals surface area contributed by atoms with E-state index in [2.05, 4.69) is 56.2 Å². The molecule has 2 aromatic rings. The predicted octanol–water partition coefficient (Wildman–Crippen LogP) is 3.66. The highest BCUT2D eigenvalue weighted by atomic mass is 79.9. The van der Waals surface area contributed by atoms with E-state index in [1.807, 2.05) is 0 Å². The summed E-state index contributed by atoms with van der Waals surface area (Å²) in [6, 6.07) is 13.0. The molecular weight excluding hydrogens is 288 g/mol. The van der Waals surface area contributed by atoms with Crippen molar-refractivity contribution in [3.05, 3.63) is 36.4 Å². The lowest BCUT2D eigenvalue weighted by atomic mass is 10.1. The zero-order valence-electron chi connectivity index (χ0n) is 10.1. The molecule has 3 heteroatoms. The van der Waals surface area contributed by atoms with Crippen LogP contribution in [0, 0.1) is 0 Å². The number of halogens is 1. The van der Waals surface area contributed by atoms with Crippen molar-refractivity contribution in [2.45, 2.75) is 19.8 Å². The van der Waals surface area contributed by atoms with Crippen molar-refractivity contribution in [2.24, 2.45) is 0 Å². The Balaban J connectivity index is 2.19. The van der Waals surface area contributed by atoms with Crippen molar-refractivity contribution in [1.82, 2.24) is 0 Å². The van der Waals surface area contributed by atoms with E-state index in [-0.39, 0.29) is 18.2 Å². The summed E-state index contributed by atoms with van der Waals surface area (Å²) in [5.41, 5.74) is 0. The third kappa shape index (κ3) is 3.60. The van der Waals surface area contributed by atoms with Crippen molar-refractivity contribution in [2.75, 3.05) is 6.61 Å². The van der Waals surface area contributed by atoms with E-state index < -0.39 is 0 Å². The SMILES string of the molecule is CCCCOc1ccc2c[c]([Mg][Br])ccc2c1. The molecule has 0 unspecified atom stereocenters. The number of fused-ring (bicyclic) bond motifs is 1. The molecule has 0 bridgehead atoms. The highest BCUT2D eigenvalue weighted by Crippen LogP contribution is 2.20. The number of hydrogen-bond donors (Lipinski definition) is 0. The average Bonchev–Trinajstić information content (AvgIpc) is 2.38. The van der Waals surface area contributed by atoms with Gasteiger partial charge in [0.2, 0.25) is 0 Å². The molecule has 0 aromatic heterocycles. The van der Waals surface area contributed by atoms with E-state index in [0.717, 1.165) is 18.8 Å². The van der Waals surface area contributed by atoms with Gasteiger partial charge in [-0.1, -0.05) is 37.6 Å². The summed E-state index contributed by atoms with van der Waals surface area (Å²) in [5, 5.41) is 2.56. The maximum atomic E-state index is 5.71. The number of benzene rings is 2. The van der Waals surface area contributed by atoms with Crippen molar-refractivity contribution >= 4 is 45.5 Å². The minimum absolute atomic E-state index is 0.242. The van der Waals surface area contributed by atoms with Gasteiger partial charge < -0.3 is 4.74 Å². The van der Waals surface area contributed by atoms with E-state index in [1.165, 1.54) is 20.9 Å². The monoisotopic (exact) mass is 302 g/mol. The summed E-state index contributed by atoms with van der Waals surface area (Å²) in [5.74, 6) is 0.981. The first-order valence-electron chi connectivity index (χ1n) is 6.05. The Morgan fingerprint density at radius 1 is 1.12 bits per heavy atom. The van der Waals surface area contributed by atoms with Crippen molar-refractivity contribution < 1.29 is 4.74 Å². The third-order valence-electron chi connectivity index (χ3n) is 2.80. The number of unbranched alkanes of at least 4 members (excludes halogenated alkanes) is 1. The van der Waals surface area contributed by atoms with Crippen LogP contribution in [0.4, 0.5) is 0 Å². The molecule has 0 fully saturated rings. The second-order valence-corrected chi connectivity index (χ2v) is 6.94. The standard InChI is InChI=1S/C14H15O.BrH.Mg/c1-2-3-10-15-14-9-8-12-6-4-5-7-13(12)11-14;;/h5-9,11H,2-3,10H2,1H3;1H;/q;;+1/p-1. The highest BCUT2D eigenvalue weighted by molar-refractivity contribution is 9.23. The van der Waals surface area contributed by atoms with Gasteiger partial charge in [0.1, 0.15) is 5.75 Å². The second kappa shape index (κ2) is 6.62. The number of ether oxygens (including phenoxy) is 1. The summed E-state index contributed by atoms with van der Waals surface area (Å²) in [6.45, 7) is 2.99. The molecule has 0 atom stereocenters. The summed E-state index contributed by atoms with van der Waals surface area (Å²) in [6.07, 6.45) is 2.29. The Kier molecular flexibility index (Phi) is 5.13. The van der Waals surface area contributed by atoms with Gasteiger partial charge in [-0.2, -0.15) is 3.69 Å². The lowest BCUT2D eigenvalue weighted by Gasteiger charge is -2.07. The van der Waals surface area contributed by atoms with Gasteiger partial charge in [0.05, 0.1) is 6.61 Å². The number of rotatable bonds is 5. The van der Waals surface area contributed by atoms with Crippen LogP contribution in [0.5, 0.6) is 5.75 Å². The van der Waals surface area contributed by atoms with Gasteiger partial charge in [-0.25, -0.2) is 0 Å². The Hall–Kier alpha value is -0.254. The van der Waals surface area contributed by atoms with Crippen LogP contribution in [-0.2, 0) is 0 Å². The molecule has 0 radical (unpaired) electrons. The Bertz CT molecular complexity index is 499. The van der Waals surface area contributed by atoms with Crippen LogP contribution < -0.4 is 8.43 Å². The minimum atomic E-state index is -0.242. The van der Waals surface area contributed by atoms with Gasteiger partial charge in [-0.15, -0.1) is 0 Å². The molecule has 2 aromatic carbocycles. The first kappa shape index (κ1) is 13.2. The molecule has 1 nitrogen and oxygen atoms in total. The largest absolute Gasteiger partial charge is 0.506 e. The van der Waals surface area contributed by atoms with Crippen LogP contribution in [0.3, 0.4) is 0 Å². The molecule has 17 heavy (non-hydrogen) atoms. The van der Waals surface area contributed by atoms with Crippen molar-refractivity contribution in [3.8, 4) is 5.75 Å². The highest BCUT2D eigenvalue weighted by Gasteiger charge is 2.00. The van der Waals surface area contributed by atoms with Crippen LogP contribution in [0.25, 0.3) is 10.8 Å². The molecule has 86 valence electrons. The van der Waals surface area contributed by atoms with Gasteiger partial charge >= 0.3 is 18.2 Å². The minimum Gasteiger partial charge on any atom is -0.494 e. The Labute approximate surface area is 118 Å². The lowest BCUT2D eigenvalue weighted by molar-refractivity contribution is 0.310. The molecule has 0 spiro atoms. The van der Waals surface area contributed by atoms with E-state index >= 15 is 0 Å². The van der Waals surface area contributed by atoms with E-state index in [4.69, 9.17) is 4.74 Å². The summed E-state index contributed by atoms with van der Waals surface area (Å²) in [4.78, 5) is 0. The van der Waals surface area contributed by atoms with Crippen LogP contribution in [-0.4, -0.2) is 24.8 Å². The normalized spacial score (nSPS) is 10.2. The van der Waals surface area contributed by atoms with Gasteiger partial charge in [0.25, 0.3) is 0 Å². The molecule has 0 aliphatic rings. The van der Waals surface area contributed by atoms with E-state index in [0.29, 0.717) is 0 Å². The van der Waals surface area contributed by atoms with Crippen molar-refractivity contribution in [1.29, 1.82) is 0 Å². The molecule has 0 saturated carbocycles. The van der Waals surface area contributed by atoms with Crippen LogP contribution >= 0.6 is 12.9 Å². The molecule has 0 aliphatic carbocycles. The third-order valence-corrected chi connectivity index (χ3v) is 5.49. The van der Waals surface area contributed by atoms with Crippen LogP contribution in [0.1, 0.15) is 19.8 Å². The first-order chi connectivity index (χ1) is 8.33. The van der Waals surface area contributed by atoms with Gasteiger partial charge in [0.15, 0.2) is 0 Å². The topological polar surface area (TPSA) is 9.23 Å². The van der Waals surface area contributed by atoms with Gasteiger partial charge in [-0.05, 0) is 29.3 Å². The molecule has 0 saturated heterocycles. The van der Waals surface area contributed by atoms with Crippen LogP contribution in [0.2, 0.25) is 0 Å². The first-order valence-corrected chi connectivity index (χ1v) is 10.7. The fraction of sp³-hybridized carbons (Fsp3) is 0.286. The summed E-state index contributed by atoms with van der Waals surface area (Å²) in [7, 11) is 0. The second-order valence-electron chi connectivity index (χ2n) is 4.18. The van der Waals surface area contributed by atoms with Crippen molar-refractivity contribution in [3.63, 3.8) is 0 Å². The van der Waals surface area contributed by atoms with E-state index in [9.17, 15) is 0 Å². The van der Waals surface area contributed by atoms with E-state index in [1.54, 1.807) is 0 Å². The smallest absolute Gasteiger partial charge is 0.494 e. The summed E-state index contributed by atoms with van der Waals surface area (Å²) < 4.78 is 7.15. The summed E-state index contributed by atoms with van der Waals surface area (Å²) >= 11 is 3.37. The van der Waals surface area contributed by atoms with Gasteiger partial charge in [-0.3, -0.25) is 12.9 Å². The molecular formula is C14H15BrMgO. The average molecular weight is 303 g/mol. The maximum absolute atomic E-state index is 5.71. The zero-order valence-corrected chi connectivity index (χ0v) is 13.1. The molecule has 0 N–H and O–H groups in total. The molecule has 0 aliphatic heterocycles. The van der Waals surface area contributed by atoms with Crippen LogP contribution in [0.15, 0.2) is 36.4 Å². The fourth-order valence-corrected chi connectivity index (χ4v) is 3.33. The maximum Gasteiger partial charge on any atom is 0.506 e. The van der Waals surface area contributed by atoms with Gasteiger partial charge in [0, 0.05) is 0 Å². The molecule has 0 heterocycles. The Morgan fingerprint density at radius 3 is 2.65 bits per heavy atom. The number of hydrogen-bond acceptors (Lipinski definition) is 1. The Morgan fingerprint density at radius 2 is 1.88 bits per heavy atom. The lowest BCUT2D eigenvalue weighted by Crippen LogP contribution is -2.06.